The van der Waals surface area contributed by atoms with Gasteiger partial charge in [0.25, 0.3) is 5.69 Å². The number of hydrogen-bond donors (Lipinski definition) is 1. The van der Waals surface area contributed by atoms with Gasteiger partial charge in [-0.1, -0.05) is 12.1 Å². The molecule has 6 nitrogen and oxygen atoms in total. The maximum atomic E-state index is 11.8. The summed E-state index contributed by atoms with van der Waals surface area (Å²) in [6.07, 6.45) is -0.611. The number of hydrogen-bond acceptors (Lipinski definition) is 4. The summed E-state index contributed by atoms with van der Waals surface area (Å²) in [7, 11) is 0. The minimum atomic E-state index is -0.911. The van der Waals surface area contributed by atoms with Crippen LogP contribution in [-0.4, -0.2) is 16.6 Å². The number of nitrogens with zero attached hydrogens (tertiary/aromatic N) is 1. The number of rotatable bonds is 3. The first-order valence-corrected chi connectivity index (χ1v) is 6.28. The molecule has 0 radical (unpaired) electrons. The zero-order valence-corrected chi connectivity index (χ0v) is 12.4. The van der Waals surface area contributed by atoms with Gasteiger partial charge in [0, 0.05) is 6.07 Å². The monoisotopic (exact) mass is 280 g/mol. The molecule has 0 saturated carbocycles. The average molecular weight is 280 g/mol. The van der Waals surface area contributed by atoms with Crippen LogP contribution >= 0.6 is 0 Å². The van der Waals surface area contributed by atoms with E-state index in [1.54, 1.807) is 52.8 Å². The van der Waals surface area contributed by atoms with Crippen molar-refractivity contribution < 1.29 is 14.5 Å². The van der Waals surface area contributed by atoms with Gasteiger partial charge in [-0.15, -0.1) is 0 Å². The molecule has 1 aromatic rings. The van der Waals surface area contributed by atoms with Gasteiger partial charge in [-0.2, -0.15) is 0 Å². The van der Waals surface area contributed by atoms with E-state index in [4.69, 9.17) is 4.74 Å². The lowest BCUT2D eigenvalue weighted by Crippen LogP contribution is -2.44. The third-order valence-corrected chi connectivity index (χ3v) is 2.59. The Balaban J connectivity index is 3.00. The highest BCUT2D eigenvalue weighted by Crippen LogP contribution is 2.29. The Bertz CT molecular complexity index is 518. The van der Waals surface area contributed by atoms with Crippen LogP contribution in [0.25, 0.3) is 0 Å². The van der Waals surface area contributed by atoms with Crippen LogP contribution in [0.4, 0.5) is 10.5 Å². The SMILES string of the molecule is CC(C)(C)OC(=O)NC(C)(C)c1ccccc1[N+](=O)[O-]. The average Bonchev–Trinajstić information content (AvgIpc) is 2.25. The summed E-state index contributed by atoms with van der Waals surface area (Å²) in [5, 5.41) is 13.7. The van der Waals surface area contributed by atoms with Gasteiger partial charge in [-0.25, -0.2) is 4.79 Å². The summed E-state index contributed by atoms with van der Waals surface area (Å²) in [5.74, 6) is 0. The molecule has 1 rings (SSSR count). The van der Waals surface area contributed by atoms with Gasteiger partial charge >= 0.3 is 6.09 Å². The van der Waals surface area contributed by atoms with Gasteiger partial charge in [0.05, 0.1) is 16.0 Å². The van der Waals surface area contributed by atoms with Crippen molar-refractivity contribution in [3.05, 3.63) is 39.9 Å². The van der Waals surface area contributed by atoms with Gasteiger partial charge in [-0.05, 0) is 40.7 Å². The van der Waals surface area contributed by atoms with Crippen LogP contribution in [0.3, 0.4) is 0 Å². The first kappa shape index (κ1) is 15.9. The zero-order valence-electron chi connectivity index (χ0n) is 12.4. The van der Waals surface area contributed by atoms with Crippen LogP contribution in [0.15, 0.2) is 24.3 Å². The van der Waals surface area contributed by atoms with E-state index in [-0.39, 0.29) is 5.69 Å². The molecular weight excluding hydrogens is 260 g/mol. The lowest BCUT2D eigenvalue weighted by molar-refractivity contribution is -0.386. The minimum absolute atomic E-state index is 0.0337. The summed E-state index contributed by atoms with van der Waals surface area (Å²) in [6.45, 7) is 8.65. The van der Waals surface area contributed by atoms with Crippen LogP contribution < -0.4 is 5.32 Å². The van der Waals surface area contributed by atoms with E-state index in [9.17, 15) is 14.9 Å². The van der Waals surface area contributed by atoms with Crippen molar-refractivity contribution in [3.63, 3.8) is 0 Å². The number of para-hydroxylation sites is 1. The van der Waals surface area contributed by atoms with E-state index >= 15 is 0 Å². The molecule has 0 fully saturated rings. The molecule has 0 spiro atoms. The smallest absolute Gasteiger partial charge is 0.408 e. The van der Waals surface area contributed by atoms with Crippen LogP contribution in [-0.2, 0) is 10.3 Å². The van der Waals surface area contributed by atoms with Crippen molar-refractivity contribution >= 4 is 11.8 Å². The molecule has 6 heteroatoms. The molecule has 1 aromatic carbocycles. The van der Waals surface area contributed by atoms with Crippen molar-refractivity contribution in [1.82, 2.24) is 5.32 Å². The Kier molecular flexibility index (Phi) is 4.37. The van der Waals surface area contributed by atoms with Crippen LogP contribution in [0.2, 0.25) is 0 Å². The molecule has 20 heavy (non-hydrogen) atoms. The van der Waals surface area contributed by atoms with Crippen molar-refractivity contribution in [2.75, 3.05) is 0 Å². The number of benzene rings is 1. The lowest BCUT2D eigenvalue weighted by Gasteiger charge is -2.28. The number of carbonyl (C=O) groups is 1. The highest BCUT2D eigenvalue weighted by atomic mass is 16.6. The molecule has 0 aliphatic heterocycles. The Morgan fingerprint density at radius 3 is 2.25 bits per heavy atom. The molecule has 0 saturated heterocycles. The molecule has 0 aliphatic rings. The van der Waals surface area contributed by atoms with Crippen molar-refractivity contribution in [3.8, 4) is 0 Å². The summed E-state index contributed by atoms with van der Waals surface area (Å²) in [5.41, 5.74) is -1.14. The van der Waals surface area contributed by atoms with Crippen LogP contribution in [0, 0.1) is 10.1 Å². The molecule has 0 heterocycles. The number of amides is 1. The number of nitrogens with one attached hydrogen (secondary N) is 1. The Labute approximate surface area is 118 Å². The normalized spacial score (nSPS) is 11.8. The maximum Gasteiger partial charge on any atom is 0.408 e. The number of nitro benzene ring substituents is 1. The molecule has 0 unspecified atom stereocenters. The maximum absolute atomic E-state index is 11.8. The number of ether oxygens (including phenoxy) is 1. The van der Waals surface area contributed by atoms with E-state index in [0.29, 0.717) is 5.56 Å². The molecule has 0 aromatic heterocycles. The third kappa shape index (κ3) is 4.22. The minimum Gasteiger partial charge on any atom is -0.444 e. The molecule has 0 atom stereocenters. The molecule has 1 N–H and O–H groups in total. The Morgan fingerprint density at radius 2 is 1.75 bits per heavy atom. The summed E-state index contributed by atoms with van der Waals surface area (Å²) >= 11 is 0. The van der Waals surface area contributed by atoms with E-state index in [1.165, 1.54) is 6.07 Å². The second kappa shape index (κ2) is 5.48. The summed E-state index contributed by atoms with van der Waals surface area (Å²) in [4.78, 5) is 22.4. The van der Waals surface area contributed by atoms with Crippen molar-refractivity contribution in [2.24, 2.45) is 0 Å². The highest BCUT2D eigenvalue weighted by Gasteiger charge is 2.31. The Hall–Kier alpha value is -2.11. The second-order valence-corrected chi connectivity index (χ2v) is 6.03. The largest absolute Gasteiger partial charge is 0.444 e. The number of nitro groups is 1. The van der Waals surface area contributed by atoms with Crippen molar-refractivity contribution in [1.29, 1.82) is 0 Å². The zero-order chi connectivity index (χ0) is 15.6. The predicted molar refractivity (Wildman–Crippen MR) is 75.5 cm³/mol. The van der Waals surface area contributed by atoms with Crippen molar-refractivity contribution in [2.45, 2.75) is 45.8 Å². The highest BCUT2D eigenvalue weighted by molar-refractivity contribution is 5.69. The quantitative estimate of drug-likeness (QED) is 0.680. The fraction of sp³-hybridized carbons (Fsp3) is 0.500. The second-order valence-electron chi connectivity index (χ2n) is 6.03. The van der Waals surface area contributed by atoms with Gasteiger partial charge in [0.15, 0.2) is 0 Å². The van der Waals surface area contributed by atoms with Crippen LogP contribution in [0.5, 0.6) is 0 Å². The van der Waals surface area contributed by atoms with Gasteiger partial charge < -0.3 is 10.1 Å². The first-order chi connectivity index (χ1) is 9.03. The standard InChI is InChI=1S/C14H20N2O4/c1-13(2,3)20-12(17)15-14(4,5)10-8-6-7-9-11(10)16(18)19/h6-9H,1-5H3,(H,15,17). The topological polar surface area (TPSA) is 81.5 Å². The molecule has 0 aliphatic carbocycles. The van der Waals surface area contributed by atoms with Gasteiger partial charge in [0.1, 0.15) is 5.60 Å². The van der Waals surface area contributed by atoms with Gasteiger partial charge in [0.2, 0.25) is 0 Å². The van der Waals surface area contributed by atoms with E-state index < -0.39 is 22.2 Å². The lowest BCUT2D eigenvalue weighted by atomic mass is 9.93. The fourth-order valence-electron chi connectivity index (χ4n) is 1.79. The first-order valence-electron chi connectivity index (χ1n) is 6.28. The summed E-state index contributed by atoms with van der Waals surface area (Å²) in [6, 6.07) is 6.31. The molecule has 0 bridgehead atoms. The number of carbonyl (C=O) groups excluding carboxylic acids is 1. The van der Waals surface area contributed by atoms with E-state index in [1.807, 2.05) is 0 Å². The molecular formula is C14H20N2O4. The Morgan fingerprint density at radius 1 is 1.20 bits per heavy atom. The predicted octanol–water partition coefficient (Wildman–Crippen LogP) is 3.35. The van der Waals surface area contributed by atoms with Gasteiger partial charge in [-0.3, -0.25) is 10.1 Å². The van der Waals surface area contributed by atoms with Crippen LogP contribution in [0.1, 0.15) is 40.2 Å². The summed E-state index contributed by atoms with van der Waals surface area (Å²) < 4.78 is 5.18. The third-order valence-electron chi connectivity index (χ3n) is 2.59. The fourth-order valence-corrected chi connectivity index (χ4v) is 1.79. The van der Waals surface area contributed by atoms with E-state index in [2.05, 4.69) is 5.32 Å². The van der Waals surface area contributed by atoms with E-state index in [0.717, 1.165) is 0 Å². The molecule has 1 amide bonds. The molecule has 110 valence electrons. The number of alkyl carbamates (subject to hydrolysis) is 1.